The van der Waals surface area contributed by atoms with Gasteiger partial charge >= 0.3 is 5.97 Å². The van der Waals surface area contributed by atoms with Crippen molar-refractivity contribution in [3.63, 3.8) is 0 Å². The van der Waals surface area contributed by atoms with Crippen molar-refractivity contribution in [2.45, 2.75) is 0 Å². The lowest BCUT2D eigenvalue weighted by Gasteiger charge is -2.30. The second-order valence-electron chi connectivity index (χ2n) is 9.92. The molecule has 3 aromatic rings. The van der Waals surface area contributed by atoms with Crippen LogP contribution in [0.2, 0.25) is 0 Å². The SMILES string of the molecule is COC(=O)c1ccc2c(c1)NC(=O)/C2=C(\Nc1ccc(N(CCN2CCNCC2)S(C)(=O)=O)cc1)c1ccccc1. The first-order valence-electron chi connectivity index (χ1n) is 13.4. The Labute approximate surface area is 240 Å². The Hall–Kier alpha value is -4.19. The number of esters is 1. The first-order valence-corrected chi connectivity index (χ1v) is 15.2. The zero-order valence-corrected chi connectivity index (χ0v) is 23.8. The van der Waals surface area contributed by atoms with Crippen molar-refractivity contribution in [1.82, 2.24) is 10.2 Å². The number of fused-ring (bicyclic) bond motifs is 1. The van der Waals surface area contributed by atoms with E-state index in [2.05, 4.69) is 20.9 Å². The third-order valence-corrected chi connectivity index (χ3v) is 8.35. The highest BCUT2D eigenvalue weighted by atomic mass is 32.2. The van der Waals surface area contributed by atoms with Crippen LogP contribution in [-0.4, -0.2) is 77.8 Å². The van der Waals surface area contributed by atoms with E-state index in [0.717, 1.165) is 31.7 Å². The maximum atomic E-state index is 13.2. The highest BCUT2D eigenvalue weighted by Crippen LogP contribution is 2.38. The third-order valence-electron chi connectivity index (χ3n) is 7.15. The van der Waals surface area contributed by atoms with Crippen LogP contribution < -0.4 is 20.3 Å². The topological polar surface area (TPSA) is 120 Å². The number of ether oxygens (including phenoxy) is 1. The van der Waals surface area contributed by atoms with Crippen molar-refractivity contribution in [3.8, 4) is 0 Å². The van der Waals surface area contributed by atoms with E-state index >= 15 is 0 Å². The van der Waals surface area contributed by atoms with Gasteiger partial charge in [0.15, 0.2) is 0 Å². The molecule has 41 heavy (non-hydrogen) atoms. The van der Waals surface area contributed by atoms with Crippen molar-refractivity contribution in [3.05, 3.63) is 89.5 Å². The van der Waals surface area contributed by atoms with Crippen molar-refractivity contribution < 1.29 is 22.7 Å². The van der Waals surface area contributed by atoms with E-state index in [1.807, 2.05) is 30.3 Å². The Bertz CT molecular complexity index is 1570. The van der Waals surface area contributed by atoms with Crippen molar-refractivity contribution in [1.29, 1.82) is 0 Å². The van der Waals surface area contributed by atoms with Crippen LogP contribution in [0.15, 0.2) is 72.8 Å². The van der Waals surface area contributed by atoms with E-state index < -0.39 is 16.0 Å². The van der Waals surface area contributed by atoms with Crippen LogP contribution in [0.25, 0.3) is 11.3 Å². The Morgan fingerprint density at radius 2 is 1.71 bits per heavy atom. The Balaban J connectivity index is 1.45. The highest BCUT2D eigenvalue weighted by Gasteiger charge is 2.29. The fourth-order valence-electron chi connectivity index (χ4n) is 5.06. The molecule has 3 N–H and O–H groups in total. The molecular formula is C30H33N5O5S. The summed E-state index contributed by atoms with van der Waals surface area (Å²) in [4.78, 5) is 27.5. The summed E-state index contributed by atoms with van der Waals surface area (Å²) in [5.74, 6) is -0.793. The molecule has 3 aromatic carbocycles. The number of hydrogen-bond donors (Lipinski definition) is 3. The number of amides is 1. The highest BCUT2D eigenvalue weighted by molar-refractivity contribution is 7.92. The number of benzene rings is 3. The van der Waals surface area contributed by atoms with Gasteiger partial charge in [-0.3, -0.25) is 14.0 Å². The summed E-state index contributed by atoms with van der Waals surface area (Å²) in [5, 5.41) is 9.56. The Morgan fingerprint density at radius 3 is 2.37 bits per heavy atom. The number of sulfonamides is 1. The summed E-state index contributed by atoms with van der Waals surface area (Å²) in [6.45, 7) is 4.57. The van der Waals surface area contributed by atoms with Gasteiger partial charge in [-0.2, -0.15) is 0 Å². The molecule has 2 aliphatic heterocycles. The van der Waals surface area contributed by atoms with Gasteiger partial charge in [0.1, 0.15) is 0 Å². The van der Waals surface area contributed by atoms with E-state index in [1.165, 1.54) is 17.7 Å². The van der Waals surface area contributed by atoms with Gasteiger partial charge in [-0.05, 0) is 42.0 Å². The maximum Gasteiger partial charge on any atom is 0.337 e. The molecule has 2 aliphatic rings. The minimum Gasteiger partial charge on any atom is -0.465 e. The second kappa shape index (κ2) is 12.1. The van der Waals surface area contributed by atoms with Gasteiger partial charge in [0.05, 0.1) is 41.6 Å². The van der Waals surface area contributed by atoms with Crippen LogP contribution in [-0.2, 0) is 19.6 Å². The normalized spacial score (nSPS) is 16.5. The van der Waals surface area contributed by atoms with Gasteiger partial charge in [-0.15, -0.1) is 0 Å². The minimum absolute atomic E-state index is 0.304. The molecule has 0 atom stereocenters. The van der Waals surface area contributed by atoms with E-state index in [1.54, 1.807) is 42.5 Å². The van der Waals surface area contributed by atoms with Gasteiger partial charge in [0.2, 0.25) is 10.0 Å². The van der Waals surface area contributed by atoms with E-state index in [4.69, 9.17) is 4.74 Å². The standard InChI is InChI=1S/C30H33N5O5S/c1-40-30(37)22-8-13-25-26(20-22)33-29(36)27(25)28(21-6-4-3-5-7-21)32-23-9-11-24(12-10-23)35(41(2,38)39)19-18-34-16-14-31-15-17-34/h3-13,20,31-32H,14-19H2,1-2H3,(H,33,36)/b28-27-. The Kier molecular flexibility index (Phi) is 8.39. The molecular weight excluding hydrogens is 542 g/mol. The third kappa shape index (κ3) is 6.43. The van der Waals surface area contributed by atoms with Crippen molar-refractivity contribution in [2.24, 2.45) is 0 Å². The summed E-state index contributed by atoms with van der Waals surface area (Å²) in [5.41, 5.74) is 4.57. The molecule has 0 saturated carbocycles. The number of piperazine rings is 1. The monoisotopic (exact) mass is 575 g/mol. The van der Waals surface area contributed by atoms with Gasteiger partial charge in [0.25, 0.3) is 5.91 Å². The summed E-state index contributed by atoms with van der Waals surface area (Å²) >= 11 is 0. The molecule has 10 nitrogen and oxygen atoms in total. The zero-order chi connectivity index (χ0) is 29.0. The number of rotatable bonds is 9. The predicted octanol–water partition coefficient (Wildman–Crippen LogP) is 3.08. The molecule has 1 amide bonds. The largest absolute Gasteiger partial charge is 0.465 e. The molecule has 0 spiro atoms. The summed E-state index contributed by atoms with van der Waals surface area (Å²) < 4.78 is 31.6. The van der Waals surface area contributed by atoms with Gasteiger partial charge in [0, 0.05) is 50.5 Å². The van der Waals surface area contributed by atoms with Crippen LogP contribution in [0.5, 0.6) is 0 Å². The molecule has 214 valence electrons. The lowest BCUT2D eigenvalue weighted by atomic mass is 9.99. The van der Waals surface area contributed by atoms with Crippen molar-refractivity contribution >= 4 is 50.2 Å². The van der Waals surface area contributed by atoms with Crippen LogP contribution in [0, 0.1) is 0 Å². The molecule has 0 radical (unpaired) electrons. The number of nitrogens with one attached hydrogen (secondary N) is 3. The molecule has 2 heterocycles. The summed E-state index contributed by atoms with van der Waals surface area (Å²) in [6, 6.07) is 21.6. The minimum atomic E-state index is -3.49. The molecule has 1 saturated heterocycles. The molecule has 0 aliphatic carbocycles. The number of nitrogens with zero attached hydrogens (tertiary/aromatic N) is 2. The van der Waals surface area contributed by atoms with E-state index in [-0.39, 0.29) is 5.91 Å². The van der Waals surface area contributed by atoms with Crippen LogP contribution >= 0.6 is 0 Å². The molecule has 0 aromatic heterocycles. The van der Waals surface area contributed by atoms with E-state index in [9.17, 15) is 18.0 Å². The first-order chi connectivity index (χ1) is 19.7. The van der Waals surface area contributed by atoms with Crippen LogP contribution in [0.3, 0.4) is 0 Å². The molecule has 5 rings (SSSR count). The Morgan fingerprint density at radius 1 is 1.00 bits per heavy atom. The van der Waals surface area contributed by atoms with Crippen LogP contribution in [0.4, 0.5) is 17.1 Å². The lowest BCUT2D eigenvalue weighted by Crippen LogP contribution is -2.47. The number of anilines is 3. The van der Waals surface area contributed by atoms with Crippen LogP contribution in [0.1, 0.15) is 21.5 Å². The molecule has 11 heteroatoms. The average molecular weight is 576 g/mol. The van der Waals surface area contributed by atoms with Crippen molar-refractivity contribution in [2.75, 3.05) is 67.6 Å². The first kappa shape index (κ1) is 28.3. The maximum absolute atomic E-state index is 13.2. The zero-order valence-electron chi connectivity index (χ0n) is 23.0. The van der Waals surface area contributed by atoms with Gasteiger partial charge in [-0.1, -0.05) is 36.4 Å². The summed E-state index contributed by atoms with van der Waals surface area (Å²) in [6.07, 6.45) is 1.22. The van der Waals surface area contributed by atoms with Gasteiger partial charge in [-0.25, -0.2) is 13.2 Å². The number of carbonyl (C=O) groups is 2. The summed E-state index contributed by atoms with van der Waals surface area (Å²) in [7, 11) is -2.18. The predicted molar refractivity (Wildman–Crippen MR) is 161 cm³/mol. The molecule has 0 bridgehead atoms. The number of methoxy groups -OCH3 is 1. The lowest BCUT2D eigenvalue weighted by molar-refractivity contribution is -0.110. The molecule has 0 unspecified atom stereocenters. The number of hydrogen-bond acceptors (Lipinski definition) is 8. The smallest absolute Gasteiger partial charge is 0.337 e. The average Bonchev–Trinajstić information content (AvgIpc) is 3.31. The number of carbonyl (C=O) groups excluding carboxylic acids is 2. The fourth-order valence-corrected chi connectivity index (χ4v) is 5.98. The fraction of sp³-hybridized carbons (Fsp3) is 0.267. The van der Waals surface area contributed by atoms with E-state index in [0.29, 0.717) is 52.5 Å². The van der Waals surface area contributed by atoms with Gasteiger partial charge < -0.3 is 20.7 Å². The molecule has 1 fully saturated rings. The second-order valence-corrected chi connectivity index (χ2v) is 11.8. The quantitative estimate of drug-likeness (QED) is 0.263.